The van der Waals surface area contributed by atoms with Crippen molar-refractivity contribution in [1.29, 1.82) is 0 Å². The van der Waals surface area contributed by atoms with Crippen LogP contribution in [0.4, 0.5) is 0 Å². The zero-order chi connectivity index (χ0) is 25.7. The summed E-state index contributed by atoms with van der Waals surface area (Å²) in [5, 5.41) is 0. The zero-order valence-corrected chi connectivity index (χ0v) is 20.7. The summed E-state index contributed by atoms with van der Waals surface area (Å²) in [6.07, 6.45) is 10.2. The van der Waals surface area contributed by atoms with Gasteiger partial charge in [0.1, 0.15) is 5.76 Å². The highest BCUT2D eigenvalue weighted by Gasteiger charge is 2.28. The van der Waals surface area contributed by atoms with Crippen LogP contribution in [0.15, 0.2) is 76.2 Å². The van der Waals surface area contributed by atoms with Crippen LogP contribution in [0.25, 0.3) is 11.3 Å². The van der Waals surface area contributed by atoms with Gasteiger partial charge in [0.25, 0.3) is 5.91 Å². The summed E-state index contributed by atoms with van der Waals surface area (Å²) >= 11 is 0. The van der Waals surface area contributed by atoms with Crippen LogP contribution in [0.2, 0.25) is 0 Å². The van der Waals surface area contributed by atoms with Gasteiger partial charge in [-0.05, 0) is 31.9 Å². The third-order valence-corrected chi connectivity index (χ3v) is 6.95. The molecule has 0 saturated carbocycles. The van der Waals surface area contributed by atoms with Crippen LogP contribution >= 0.6 is 0 Å². The lowest BCUT2D eigenvalue weighted by Crippen LogP contribution is -2.41. The number of likely N-dealkylation sites (tertiary alicyclic amines) is 1. The molecule has 3 N–H and O–H groups in total. The van der Waals surface area contributed by atoms with E-state index in [1.807, 2.05) is 41.3 Å². The Morgan fingerprint density at radius 2 is 2.11 bits per heavy atom. The van der Waals surface area contributed by atoms with E-state index in [-0.39, 0.29) is 35.7 Å². The average Bonchev–Trinajstić information content (AvgIpc) is 2.86. The molecule has 4 rings (SSSR count). The number of terminal acetylenes is 1. The first-order valence-electron chi connectivity index (χ1n) is 11.5. The van der Waals surface area contributed by atoms with Gasteiger partial charge in [-0.2, -0.15) is 8.42 Å². The molecule has 1 aromatic carbocycles. The monoisotopic (exact) mass is 505 g/mol. The van der Waals surface area contributed by atoms with Crippen molar-refractivity contribution < 1.29 is 17.9 Å². The SMILES string of the molecule is C#C/C=C(/OC[C@H]1CCCN(C(=O)c2ccnc(-c3ccccc3)c2)C1)C1=C(C)NS(=O)(=O)N=C1N. The second-order valence-corrected chi connectivity index (χ2v) is 9.93. The van der Waals surface area contributed by atoms with E-state index < -0.39 is 10.2 Å². The smallest absolute Gasteiger partial charge is 0.343 e. The van der Waals surface area contributed by atoms with E-state index in [1.165, 1.54) is 6.08 Å². The molecule has 2 aromatic rings. The molecule has 3 heterocycles. The molecule has 0 aliphatic carbocycles. The van der Waals surface area contributed by atoms with E-state index in [1.54, 1.807) is 19.2 Å². The quantitative estimate of drug-likeness (QED) is 0.459. The van der Waals surface area contributed by atoms with E-state index >= 15 is 0 Å². The van der Waals surface area contributed by atoms with Crippen LogP contribution in [0.5, 0.6) is 0 Å². The third-order valence-electron chi connectivity index (χ3n) is 5.95. The Bertz CT molecular complexity index is 1390. The van der Waals surface area contributed by atoms with Crippen LogP contribution < -0.4 is 10.5 Å². The summed E-state index contributed by atoms with van der Waals surface area (Å²) in [7, 11) is -3.89. The number of carbonyl (C=O) groups is 1. The van der Waals surface area contributed by atoms with E-state index in [2.05, 4.69) is 20.0 Å². The molecule has 9 nitrogen and oxygen atoms in total. The Balaban J connectivity index is 1.44. The summed E-state index contributed by atoms with van der Waals surface area (Å²) in [6.45, 7) is 3.00. The van der Waals surface area contributed by atoms with Crippen LogP contribution in [-0.4, -0.2) is 49.7 Å². The Hall–Kier alpha value is -4.10. The molecule has 0 unspecified atom stereocenters. The van der Waals surface area contributed by atoms with Gasteiger partial charge in [0, 0.05) is 48.1 Å². The highest BCUT2D eigenvalue weighted by atomic mass is 32.2. The standard InChI is InChI=1S/C26H27N5O4S/c1-3-8-23(24-18(2)29-36(33,34)30-25(24)27)35-17-19-9-7-14-31(16-19)26(32)21-12-13-28-22(15-21)20-10-5-4-6-11-20/h1,4-6,8,10-13,15,19,29H,7,9,14,16-17H2,2H3,(H2,27,30)/b23-8+/t19-/m0/s1. The molecule has 1 saturated heterocycles. The molecule has 2 aliphatic rings. The van der Waals surface area contributed by atoms with Crippen molar-refractivity contribution in [2.45, 2.75) is 19.8 Å². The number of piperidine rings is 1. The minimum absolute atomic E-state index is 0.0543. The van der Waals surface area contributed by atoms with Gasteiger partial charge in [-0.1, -0.05) is 36.3 Å². The van der Waals surface area contributed by atoms with Crippen LogP contribution in [0.1, 0.15) is 30.1 Å². The summed E-state index contributed by atoms with van der Waals surface area (Å²) in [5.41, 5.74) is 8.74. The number of carbonyl (C=O) groups excluding carboxylic acids is 1. The highest BCUT2D eigenvalue weighted by molar-refractivity contribution is 7.88. The van der Waals surface area contributed by atoms with E-state index in [0.29, 0.717) is 24.2 Å². The summed E-state index contributed by atoms with van der Waals surface area (Å²) in [4.78, 5) is 19.5. The molecule has 0 radical (unpaired) electrons. The molecular formula is C26H27N5O4S. The first-order chi connectivity index (χ1) is 17.3. The number of nitrogens with zero attached hydrogens (tertiary/aromatic N) is 3. The van der Waals surface area contributed by atoms with Gasteiger partial charge in [0.05, 0.1) is 17.9 Å². The van der Waals surface area contributed by atoms with Gasteiger partial charge in [-0.3, -0.25) is 14.5 Å². The van der Waals surface area contributed by atoms with Crippen molar-refractivity contribution in [3.8, 4) is 23.6 Å². The molecule has 0 spiro atoms. The lowest BCUT2D eigenvalue weighted by atomic mass is 9.98. The number of amides is 1. The van der Waals surface area contributed by atoms with Crippen molar-refractivity contribution >= 4 is 22.0 Å². The lowest BCUT2D eigenvalue weighted by Gasteiger charge is -2.33. The van der Waals surface area contributed by atoms with Gasteiger partial charge >= 0.3 is 10.2 Å². The number of nitrogens with two attached hydrogens (primary N) is 1. The van der Waals surface area contributed by atoms with Gasteiger partial charge in [-0.25, -0.2) is 0 Å². The first-order valence-corrected chi connectivity index (χ1v) is 12.9. The maximum Gasteiger partial charge on any atom is 0.343 e. The maximum absolute atomic E-state index is 13.3. The van der Waals surface area contributed by atoms with Gasteiger partial charge in [-0.15, -0.1) is 10.8 Å². The lowest BCUT2D eigenvalue weighted by molar-refractivity contribution is 0.0592. The number of allylic oxidation sites excluding steroid dienone is 2. The first kappa shape index (κ1) is 25.0. The summed E-state index contributed by atoms with van der Waals surface area (Å²) in [6, 6.07) is 13.3. The molecule has 1 atom stereocenters. The molecule has 10 heteroatoms. The van der Waals surface area contributed by atoms with E-state index in [0.717, 1.165) is 24.1 Å². The molecule has 0 bridgehead atoms. The summed E-state index contributed by atoms with van der Waals surface area (Å²) in [5.74, 6) is 2.46. The molecule has 186 valence electrons. The number of hydrogen-bond acceptors (Lipinski definition) is 6. The number of ether oxygens (including phenoxy) is 1. The second-order valence-electron chi connectivity index (χ2n) is 8.60. The Labute approximate surface area is 211 Å². The fourth-order valence-corrected chi connectivity index (χ4v) is 5.20. The fraction of sp³-hybridized carbons (Fsp3) is 0.269. The van der Waals surface area contributed by atoms with Crippen molar-refractivity contribution in [2.75, 3.05) is 19.7 Å². The molecule has 1 amide bonds. The number of aromatic nitrogens is 1. The Kier molecular flexibility index (Phi) is 7.41. The largest absolute Gasteiger partial charge is 0.492 e. The number of rotatable bonds is 6. The summed E-state index contributed by atoms with van der Waals surface area (Å²) < 4.78 is 35.3. The van der Waals surface area contributed by atoms with Gasteiger partial charge < -0.3 is 15.4 Å². The van der Waals surface area contributed by atoms with Gasteiger partial charge in [0.15, 0.2) is 5.84 Å². The third kappa shape index (κ3) is 5.75. The number of hydrogen-bond donors (Lipinski definition) is 2. The van der Waals surface area contributed by atoms with Crippen molar-refractivity contribution in [2.24, 2.45) is 16.0 Å². The highest BCUT2D eigenvalue weighted by Crippen LogP contribution is 2.25. The molecular weight excluding hydrogens is 478 g/mol. The average molecular weight is 506 g/mol. The van der Waals surface area contributed by atoms with Crippen LogP contribution in [-0.2, 0) is 14.9 Å². The topological polar surface area (TPSA) is 127 Å². The maximum atomic E-state index is 13.3. The van der Waals surface area contributed by atoms with E-state index in [4.69, 9.17) is 16.9 Å². The number of nitrogens with one attached hydrogen (secondary N) is 1. The minimum atomic E-state index is -3.89. The van der Waals surface area contributed by atoms with Gasteiger partial charge in [0.2, 0.25) is 0 Å². The Morgan fingerprint density at radius 1 is 1.33 bits per heavy atom. The Morgan fingerprint density at radius 3 is 2.83 bits per heavy atom. The number of benzene rings is 1. The number of amidine groups is 1. The predicted octanol–water partition coefficient (Wildman–Crippen LogP) is 2.61. The van der Waals surface area contributed by atoms with E-state index in [9.17, 15) is 13.2 Å². The van der Waals surface area contributed by atoms with Crippen molar-refractivity contribution in [3.63, 3.8) is 0 Å². The zero-order valence-electron chi connectivity index (χ0n) is 19.8. The molecule has 1 aromatic heterocycles. The number of pyridine rings is 1. The fourth-order valence-electron chi connectivity index (χ4n) is 4.31. The van der Waals surface area contributed by atoms with Crippen molar-refractivity contribution in [1.82, 2.24) is 14.6 Å². The van der Waals surface area contributed by atoms with Crippen LogP contribution in [0.3, 0.4) is 0 Å². The molecule has 2 aliphatic heterocycles. The predicted molar refractivity (Wildman–Crippen MR) is 138 cm³/mol. The minimum Gasteiger partial charge on any atom is -0.492 e. The van der Waals surface area contributed by atoms with Crippen LogP contribution in [0, 0.1) is 18.3 Å². The molecule has 1 fully saturated rings. The second kappa shape index (κ2) is 10.7. The normalized spacial score (nSPS) is 19.7. The molecule has 36 heavy (non-hydrogen) atoms. The van der Waals surface area contributed by atoms with Crippen molar-refractivity contribution in [3.05, 3.63) is 77.3 Å².